The Labute approximate surface area is 115 Å². The number of benzene rings is 1. The highest BCUT2D eigenvalue weighted by Crippen LogP contribution is 2.21. The van der Waals surface area contributed by atoms with Gasteiger partial charge in [-0.3, -0.25) is 10.1 Å². The third-order valence-electron chi connectivity index (χ3n) is 2.42. The number of nitrogens with zero attached hydrogens (tertiary/aromatic N) is 2. The van der Waals surface area contributed by atoms with E-state index in [2.05, 4.69) is 4.72 Å². The molecule has 1 aromatic rings. The molecule has 0 radical (unpaired) electrons. The van der Waals surface area contributed by atoms with E-state index in [0.29, 0.717) is 6.07 Å². The van der Waals surface area contributed by atoms with E-state index in [9.17, 15) is 22.9 Å². The van der Waals surface area contributed by atoms with E-state index >= 15 is 0 Å². The van der Waals surface area contributed by atoms with E-state index in [0.717, 1.165) is 12.1 Å². The lowest BCUT2D eigenvalue weighted by molar-refractivity contribution is -0.385. The van der Waals surface area contributed by atoms with Crippen LogP contribution in [-0.2, 0) is 10.0 Å². The smallest absolute Gasteiger partial charge is 0.258 e. The molecule has 0 saturated heterocycles. The fourth-order valence-electron chi connectivity index (χ4n) is 1.21. The van der Waals surface area contributed by atoms with Gasteiger partial charge in [-0.2, -0.15) is 5.26 Å². The Hall–Kier alpha value is -2.05. The zero-order chi connectivity index (χ0) is 15.6. The second kappa shape index (κ2) is 5.52. The second-order valence-corrected chi connectivity index (χ2v) is 6.43. The normalized spacial score (nSPS) is 11.9. The Kier molecular flexibility index (Phi) is 4.42. The van der Waals surface area contributed by atoms with Gasteiger partial charge >= 0.3 is 0 Å². The first-order valence-corrected chi connectivity index (χ1v) is 6.92. The molecule has 20 heavy (non-hydrogen) atoms. The number of rotatable bonds is 5. The summed E-state index contributed by atoms with van der Waals surface area (Å²) in [5, 5.41) is 19.2. The number of nitro benzene ring substituents is 1. The summed E-state index contributed by atoms with van der Waals surface area (Å²) >= 11 is 0. The third-order valence-corrected chi connectivity index (χ3v) is 3.86. The highest BCUT2D eigenvalue weighted by atomic mass is 32.2. The minimum absolute atomic E-state index is 0.206. The standard InChI is InChI=1S/C11H12FN3O4S/c1-11(2,6-13)7-14-20(18,19)10-4-3-8(15(16)17)5-9(10)12/h3-5,14H,7H2,1-2H3. The Bertz CT molecular complexity index is 679. The Morgan fingerprint density at radius 3 is 2.55 bits per heavy atom. The van der Waals surface area contributed by atoms with Crippen molar-refractivity contribution in [3.63, 3.8) is 0 Å². The molecule has 0 saturated carbocycles. The maximum atomic E-state index is 13.6. The van der Waals surface area contributed by atoms with E-state index in [1.54, 1.807) is 0 Å². The van der Waals surface area contributed by atoms with Gasteiger partial charge in [-0.15, -0.1) is 0 Å². The van der Waals surface area contributed by atoms with Gasteiger partial charge in [-0.1, -0.05) is 0 Å². The molecule has 0 aliphatic rings. The highest BCUT2D eigenvalue weighted by molar-refractivity contribution is 7.89. The molecule has 1 rings (SSSR count). The van der Waals surface area contributed by atoms with Gasteiger partial charge in [0.05, 0.1) is 22.5 Å². The monoisotopic (exact) mass is 301 g/mol. The van der Waals surface area contributed by atoms with Crippen molar-refractivity contribution in [3.8, 4) is 6.07 Å². The van der Waals surface area contributed by atoms with Crippen molar-refractivity contribution in [3.05, 3.63) is 34.1 Å². The van der Waals surface area contributed by atoms with Gasteiger partial charge in [-0.25, -0.2) is 17.5 Å². The molecule has 0 unspecified atom stereocenters. The van der Waals surface area contributed by atoms with Crippen molar-refractivity contribution in [1.82, 2.24) is 4.72 Å². The number of halogens is 1. The van der Waals surface area contributed by atoms with Crippen LogP contribution in [0.1, 0.15) is 13.8 Å². The first-order valence-electron chi connectivity index (χ1n) is 5.44. The molecule has 7 nitrogen and oxygen atoms in total. The van der Waals surface area contributed by atoms with Crippen LogP contribution in [0.4, 0.5) is 10.1 Å². The van der Waals surface area contributed by atoms with Crippen molar-refractivity contribution >= 4 is 15.7 Å². The molecule has 9 heteroatoms. The van der Waals surface area contributed by atoms with Crippen molar-refractivity contribution in [1.29, 1.82) is 5.26 Å². The fourth-order valence-corrected chi connectivity index (χ4v) is 2.48. The predicted molar refractivity (Wildman–Crippen MR) is 67.6 cm³/mol. The second-order valence-electron chi connectivity index (χ2n) is 4.69. The molecular formula is C11H12FN3O4S. The summed E-state index contributed by atoms with van der Waals surface area (Å²) in [7, 11) is -4.18. The first-order chi connectivity index (χ1) is 9.09. The summed E-state index contributed by atoms with van der Waals surface area (Å²) in [5.74, 6) is -1.22. The molecule has 108 valence electrons. The van der Waals surface area contributed by atoms with Crippen molar-refractivity contribution in [2.75, 3.05) is 6.54 Å². The molecule has 0 heterocycles. The zero-order valence-electron chi connectivity index (χ0n) is 10.8. The molecule has 0 aliphatic heterocycles. The first kappa shape index (κ1) is 16.0. The largest absolute Gasteiger partial charge is 0.272 e. The van der Waals surface area contributed by atoms with Crippen LogP contribution in [0.5, 0.6) is 0 Å². The van der Waals surface area contributed by atoms with Crippen LogP contribution < -0.4 is 4.72 Å². The van der Waals surface area contributed by atoms with Crippen LogP contribution in [0.15, 0.2) is 23.1 Å². The number of nitrogens with one attached hydrogen (secondary N) is 1. The molecule has 0 fully saturated rings. The minimum atomic E-state index is -4.18. The average molecular weight is 301 g/mol. The Balaban J connectivity index is 3.06. The van der Waals surface area contributed by atoms with E-state index in [-0.39, 0.29) is 6.54 Å². The molecular weight excluding hydrogens is 289 g/mol. The summed E-state index contributed by atoms with van der Waals surface area (Å²) in [5.41, 5.74) is -1.50. The van der Waals surface area contributed by atoms with Crippen molar-refractivity contribution in [2.24, 2.45) is 5.41 Å². The van der Waals surface area contributed by atoms with Gasteiger partial charge < -0.3 is 0 Å². The van der Waals surface area contributed by atoms with Gasteiger partial charge in [0.1, 0.15) is 10.7 Å². The summed E-state index contributed by atoms with van der Waals surface area (Å²) in [6.45, 7) is 2.83. The Morgan fingerprint density at radius 1 is 1.50 bits per heavy atom. The maximum absolute atomic E-state index is 13.6. The van der Waals surface area contributed by atoms with Crippen LogP contribution in [0.25, 0.3) is 0 Å². The fraction of sp³-hybridized carbons (Fsp3) is 0.364. The van der Waals surface area contributed by atoms with Gasteiger partial charge in [-0.05, 0) is 19.9 Å². The van der Waals surface area contributed by atoms with Crippen molar-refractivity contribution in [2.45, 2.75) is 18.7 Å². The SMILES string of the molecule is CC(C)(C#N)CNS(=O)(=O)c1ccc([N+](=O)[O-])cc1F. The summed E-state index contributed by atoms with van der Waals surface area (Å²) in [6.07, 6.45) is 0. The maximum Gasteiger partial charge on any atom is 0.272 e. The highest BCUT2D eigenvalue weighted by Gasteiger charge is 2.25. The van der Waals surface area contributed by atoms with Crippen molar-refractivity contribution < 1.29 is 17.7 Å². The van der Waals surface area contributed by atoms with E-state index < -0.39 is 36.8 Å². The van der Waals surface area contributed by atoms with E-state index in [1.807, 2.05) is 6.07 Å². The lowest BCUT2D eigenvalue weighted by Crippen LogP contribution is -2.33. The number of sulfonamides is 1. The molecule has 0 aromatic heterocycles. The van der Waals surface area contributed by atoms with Crippen LogP contribution in [0.3, 0.4) is 0 Å². The lowest BCUT2D eigenvalue weighted by Gasteiger charge is -2.16. The lowest BCUT2D eigenvalue weighted by atomic mass is 9.97. The number of non-ortho nitro benzene ring substituents is 1. The average Bonchev–Trinajstić information content (AvgIpc) is 2.36. The molecule has 0 spiro atoms. The Morgan fingerprint density at radius 2 is 2.10 bits per heavy atom. The van der Waals surface area contributed by atoms with Crippen LogP contribution in [0.2, 0.25) is 0 Å². The number of hydrogen-bond donors (Lipinski definition) is 1. The summed E-state index contributed by atoms with van der Waals surface area (Å²) in [6, 6.07) is 4.14. The third kappa shape index (κ3) is 3.72. The van der Waals surface area contributed by atoms with Crippen LogP contribution in [0, 0.1) is 32.7 Å². The van der Waals surface area contributed by atoms with Gasteiger partial charge in [0.2, 0.25) is 10.0 Å². The van der Waals surface area contributed by atoms with E-state index in [4.69, 9.17) is 5.26 Å². The number of hydrogen-bond acceptors (Lipinski definition) is 5. The molecule has 1 aromatic carbocycles. The molecule has 1 N–H and O–H groups in total. The molecule has 0 bridgehead atoms. The number of nitriles is 1. The predicted octanol–water partition coefficient (Wildman–Crippen LogP) is 1.56. The van der Waals surface area contributed by atoms with Crippen LogP contribution in [-0.4, -0.2) is 19.9 Å². The summed E-state index contributed by atoms with van der Waals surface area (Å²) < 4.78 is 39.4. The van der Waals surface area contributed by atoms with E-state index in [1.165, 1.54) is 13.8 Å². The number of nitro groups is 1. The van der Waals surface area contributed by atoms with Gasteiger partial charge in [0.15, 0.2) is 0 Å². The molecule has 0 atom stereocenters. The zero-order valence-corrected chi connectivity index (χ0v) is 11.6. The van der Waals surface area contributed by atoms with Gasteiger partial charge in [0, 0.05) is 12.6 Å². The quantitative estimate of drug-likeness (QED) is 0.655. The molecule has 0 aliphatic carbocycles. The van der Waals surface area contributed by atoms with Gasteiger partial charge in [0.25, 0.3) is 5.69 Å². The topological polar surface area (TPSA) is 113 Å². The van der Waals surface area contributed by atoms with Crippen LogP contribution >= 0.6 is 0 Å². The minimum Gasteiger partial charge on any atom is -0.258 e. The summed E-state index contributed by atoms with van der Waals surface area (Å²) in [4.78, 5) is 8.92. The molecule has 0 amide bonds.